The maximum absolute atomic E-state index is 12.0. The third-order valence-corrected chi connectivity index (χ3v) is 3.09. The van der Waals surface area contributed by atoms with Gasteiger partial charge in [0.1, 0.15) is 11.5 Å². The highest BCUT2D eigenvalue weighted by Gasteiger charge is 2.11. The number of hydrogen-bond donors (Lipinski definition) is 3. The van der Waals surface area contributed by atoms with Crippen LogP contribution in [0.25, 0.3) is 0 Å². The molecular weight excluding hydrogens is 266 g/mol. The van der Waals surface area contributed by atoms with E-state index in [2.05, 4.69) is 5.32 Å². The van der Waals surface area contributed by atoms with Crippen molar-refractivity contribution in [2.45, 2.75) is 6.92 Å². The van der Waals surface area contributed by atoms with Gasteiger partial charge in [0.05, 0.1) is 0 Å². The molecule has 2 rings (SSSR count). The Kier molecular flexibility index (Phi) is 3.62. The van der Waals surface area contributed by atoms with E-state index >= 15 is 0 Å². The average molecular weight is 278 g/mol. The fraction of sp³-hybridized carbons (Fsp3) is 0.0714. The second-order valence-electron chi connectivity index (χ2n) is 4.10. The molecule has 0 aromatic heterocycles. The Hall–Kier alpha value is -2.20. The Morgan fingerprint density at radius 3 is 2.42 bits per heavy atom. The minimum Gasteiger partial charge on any atom is -0.508 e. The molecule has 0 aliphatic heterocycles. The molecule has 98 valence electrons. The van der Waals surface area contributed by atoms with E-state index in [-0.39, 0.29) is 17.1 Å². The molecule has 0 radical (unpaired) electrons. The summed E-state index contributed by atoms with van der Waals surface area (Å²) in [7, 11) is 0. The maximum atomic E-state index is 12.0. The number of benzene rings is 2. The average Bonchev–Trinajstić information content (AvgIpc) is 2.33. The Morgan fingerprint density at radius 1 is 1.16 bits per heavy atom. The summed E-state index contributed by atoms with van der Waals surface area (Å²) in [5.74, 6) is -0.780. The fourth-order valence-corrected chi connectivity index (χ4v) is 1.84. The molecule has 0 aliphatic rings. The number of phenols is 2. The first-order valence-corrected chi connectivity index (χ1v) is 5.94. The summed E-state index contributed by atoms with van der Waals surface area (Å²) in [6, 6.07) is 8.88. The van der Waals surface area contributed by atoms with E-state index in [1.54, 1.807) is 25.1 Å². The van der Waals surface area contributed by atoms with Crippen LogP contribution < -0.4 is 5.32 Å². The van der Waals surface area contributed by atoms with Crippen LogP contribution in [0.5, 0.6) is 11.5 Å². The quantitative estimate of drug-likeness (QED) is 0.789. The van der Waals surface area contributed by atoms with Gasteiger partial charge < -0.3 is 15.5 Å². The fourth-order valence-electron chi connectivity index (χ4n) is 1.66. The van der Waals surface area contributed by atoms with Crippen LogP contribution in [-0.2, 0) is 0 Å². The highest BCUT2D eigenvalue weighted by atomic mass is 35.5. The lowest BCUT2D eigenvalue weighted by Crippen LogP contribution is -2.12. The van der Waals surface area contributed by atoms with Crippen LogP contribution in [0, 0.1) is 6.92 Å². The standard InChI is InChI=1S/C14H12ClNO3/c1-8-12(15)3-2-4-13(8)16-14(19)9-5-10(17)7-11(18)6-9/h2-7,17-18H,1H3,(H,16,19). The number of aromatic hydroxyl groups is 2. The predicted molar refractivity (Wildman–Crippen MR) is 73.9 cm³/mol. The van der Waals surface area contributed by atoms with Crippen LogP contribution in [0.2, 0.25) is 5.02 Å². The Bertz CT molecular complexity index is 620. The Morgan fingerprint density at radius 2 is 1.79 bits per heavy atom. The highest BCUT2D eigenvalue weighted by Crippen LogP contribution is 2.25. The molecule has 1 amide bonds. The van der Waals surface area contributed by atoms with Gasteiger partial charge in [0.25, 0.3) is 5.91 Å². The number of anilines is 1. The number of carbonyl (C=O) groups excluding carboxylic acids is 1. The lowest BCUT2D eigenvalue weighted by Gasteiger charge is -2.10. The molecule has 2 aromatic rings. The zero-order chi connectivity index (χ0) is 14.0. The van der Waals surface area contributed by atoms with Crippen molar-refractivity contribution in [2.24, 2.45) is 0 Å². The first kappa shape index (κ1) is 13.2. The van der Waals surface area contributed by atoms with Gasteiger partial charge in [-0.3, -0.25) is 4.79 Å². The molecule has 0 saturated carbocycles. The number of phenolic OH excluding ortho intramolecular Hbond substituents is 2. The lowest BCUT2D eigenvalue weighted by molar-refractivity contribution is 0.102. The SMILES string of the molecule is Cc1c(Cl)cccc1NC(=O)c1cc(O)cc(O)c1. The third kappa shape index (κ3) is 2.98. The van der Waals surface area contributed by atoms with Crippen LogP contribution >= 0.6 is 11.6 Å². The van der Waals surface area contributed by atoms with Crippen molar-refractivity contribution < 1.29 is 15.0 Å². The first-order chi connectivity index (χ1) is 8.97. The summed E-state index contributed by atoms with van der Waals surface area (Å²) in [5, 5.41) is 21.9. The van der Waals surface area contributed by atoms with Crippen molar-refractivity contribution in [1.82, 2.24) is 0 Å². The van der Waals surface area contributed by atoms with Gasteiger partial charge in [-0.05, 0) is 36.8 Å². The second kappa shape index (κ2) is 5.20. The van der Waals surface area contributed by atoms with E-state index in [9.17, 15) is 15.0 Å². The largest absolute Gasteiger partial charge is 0.508 e. The minimum absolute atomic E-state index is 0.164. The summed E-state index contributed by atoms with van der Waals surface area (Å²) in [5.41, 5.74) is 1.50. The molecule has 0 bridgehead atoms. The highest BCUT2D eigenvalue weighted by molar-refractivity contribution is 6.31. The van der Waals surface area contributed by atoms with Gasteiger partial charge in [0.15, 0.2) is 0 Å². The zero-order valence-electron chi connectivity index (χ0n) is 10.1. The molecule has 0 fully saturated rings. The minimum atomic E-state index is -0.434. The monoisotopic (exact) mass is 277 g/mol. The van der Waals surface area contributed by atoms with E-state index in [4.69, 9.17) is 11.6 Å². The van der Waals surface area contributed by atoms with Crippen molar-refractivity contribution in [3.8, 4) is 11.5 Å². The van der Waals surface area contributed by atoms with Crippen LogP contribution in [0.15, 0.2) is 36.4 Å². The molecule has 0 saturated heterocycles. The van der Waals surface area contributed by atoms with Crippen molar-refractivity contribution in [2.75, 3.05) is 5.32 Å². The number of halogens is 1. The third-order valence-electron chi connectivity index (χ3n) is 2.68. The normalized spacial score (nSPS) is 10.2. The van der Waals surface area contributed by atoms with Gasteiger partial charge in [-0.2, -0.15) is 0 Å². The van der Waals surface area contributed by atoms with Gasteiger partial charge in [-0.15, -0.1) is 0 Å². The van der Waals surface area contributed by atoms with Gasteiger partial charge in [-0.25, -0.2) is 0 Å². The van der Waals surface area contributed by atoms with Gasteiger partial charge in [0, 0.05) is 22.3 Å². The summed E-state index contributed by atoms with van der Waals surface area (Å²) in [6.45, 7) is 1.79. The van der Waals surface area contributed by atoms with E-state index in [1.165, 1.54) is 12.1 Å². The molecular formula is C14H12ClNO3. The van der Waals surface area contributed by atoms with E-state index in [1.807, 2.05) is 0 Å². The van der Waals surface area contributed by atoms with E-state index in [0.29, 0.717) is 10.7 Å². The predicted octanol–water partition coefficient (Wildman–Crippen LogP) is 3.31. The molecule has 19 heavy (non-hydrogen) atoms. The van der Waals surface area contributed by atoms with Gasteiger partial charge in [0.2, 0.25) is 0 Å². The topological polar surface area (TPSA) is 69.6 Å². The smallest absolute Gasteiger partial charge is 0.255 e. The first-order valence-electron chi connectivity index (χ1n) is 5.57. The Labute approximate surface area is 115 Å². The molecule has 0 heterocycles. The molecule has 4 nitrogen and oxygen atoms in total. The zero-order valence-corrected chi connectivity index (χ0v) is 10.9. The number of amides is 1. The molecule has 2 aromatic carbocycles. The maximum Gasteiger partial charge on any atom is 0.255 e. The van der Waals surface area contributed by atoms with Gasteiger partial charge >= 0.3 is 0 Å². The van der Waals surface area contributed by atoms with Gasteiger partial charge in [-0.1, -0.05) is 17.7 Å². The van der Waals surface area contributed by atoms with Crippen LogP contribution in [0.1, 0.15) is 15.9 Å². The van der Waals surface area contributed by atoms with Crippen molar-refractivity contribution in [3.05, 3.63) is 52.5 Å². The second-order valence-corrected chi connectivity index (χ2v) is 4.51. The molecule has 0 spiro atoms. The van der Waals surface area contributed by atoms with Crippen LogP contribution in [0.3, 0.4) is 0 Å². The molecule has 3 N–H and O–H groups in total. The lowest BCUT2D eigenvalue weighted by atomic mass is 10.1. The Balaban J connectivity index is 2.28. The van der Waals surface area contributed by atoms with E-state index in [0.717, 1.165) is 11.6 Å². The summed E-state index contributed by atoms with van der Waals surface area (Å²) < 4.78 is 0. The number of carbonyl (C=O) groups is 1. The molecule has 0 unspecified atom stereocenters. The van der Waals surface area contributed by atoms with Crippen LogP contribution in [-0.4, -0.2) is 16.1 Å². The number of nitrogens with one attached hydrogen (secondary N) is 1. The van der Waals surface area contributed by atoms with Crippen molar-refractivity contribution in [1.29, 1.82) is 0 Å². The molecule has 5 heteroatoms. The summed E-state index contributed by atoms with van der Waals surface area (Å²) >= 11 is 5.96. The molecule has 0 atom stereocenters. The summed E-state index contributed by atoms with van der Waals surface area (Å²) in [4.78, 5) is 12.0. The number of rotatable bonds is 2. The van der Waals surface area contributed by atoms with E-state index < -0.39 is 5.91 Å². The molecule has 0 aliphatic carbocycles. The number of hydrogen-bond acceptors (Lipinski definition) is 3. The summed E-state index contributed by atoms with van der Waals surface area (Å²) in [6.07, 6.45) is 0. The van der Waals surface area contributed by atoms with Crippen molar-refractivity contribution >= 4 is 23.2 Å². The van der Waals surface area contributed by atoms with Crippen molar-refractivity contribution in [3.63, 3.8) is 0 Å². The van der Waals surface area contributed by atoms with Crippen LogP contribution in [0.4, 0.5) is 5.69 Å².